The molecule has 1 fully saturated rings. The summed E-state index contributed by atoms with van der Waals surface area (Å²) in [5, 5.41) is 7.29. The lowest BCUT2D eigenvalue weighted by Gasteiger charge is -2.20. The third kappa shape index (κ3) is 5.60. The summed E-state index contributed by atoms with van der Waals surface area (Å²) in [5.41, 5.74) is 0.980. The van der Waals surface area contributed by atoms with Gasteiger partial charge in [0.15, 0.2) is 17.6 Å². The number of hydrogen-bond acceptors (Lipinski definition) is 4. The van der Waals surface area contributed by atoms with E-state index in [1.807, 2.05) is 17.0 Å². The molecule has 1 saturated heterocycles. The first-order valence-corrected chi connectivity index (χ1v) is 9.13. The summed E-state index contributed by atoms with van der Waals surface area (Å²) in [5.74, 6) is 1.51. The number of halogens is 3. The molecule has 6 nitrogen and oxygen atoms in total. The van der Waals surface area contributed by atoms with E-state index in [9.17, 15) is 4.39 Å². The summed E-state index contributed by atoms with van der Waals surface area (Å²) in [7, 11) is 3.34. The predicted octanol–water partition coefficient (Wildman–Crippen LogP) is 3.44. The molecule has 1 aliphatic heterocycles. The highest BCUT2D eigenvalue weighted by atomic mass is 127. The third-order valence-corrected chi connectivity index (χ3v) is 4.72. The van der Waals surface area contributed by atoms with Crippen LogP contribution in [0.3, 0.4) is 0 Å². The van der Waals surface area contributed by atoms with Crippen LogP contribution in [-0.2, 0) is 6.54 Å². The molecule has 1 unspecified atom stereocenters. The fraction of sp³-hybridized carbons (Fsp3) is 0.368. The normalized spacial score (nSPS) is 16.5. The van der Waals surface area contributed by atoms with Gasteiger partial charge in [-0.05, 0) is 30.7 Å². The SMILES string of the molecule is CN=C(NCc1ccc(Cl)cc1OC)NC1CCN(c2ncccc2F)C1.I. The number of methoxy groups -OCH3 is 1. The first-order chi connectivity index (χ1) is 13.1. The van der Waals surface area contributed by atoms with E-state index in [1.165, 1.54) is 6.07 Å². The van der Waals surface area contributed by atoms with Crippen LogP contribution in [-0.4, -0.2) is 44.2 Å². The third-order valence-electron chi connectivity index (χ3n) is 4.49. The summed E-state index contributed by atoms with van der Waals surface area (Å²) < 4.78 is 19.3. The molecular formula is C19H24ClFIN5O. The molecule has 9 heteroatoms. The number of hydrogen-bond donors (Lipinski definition) is 2. The van der Waals surface area contributed by atoms with Gasteiger partial charge in [-0.15, -0.1) is 24.0 Å². The zero-order valence-corrected chi connectivity index (χ0v) is 18.9. The molecule has 2 aromatic rings. The van der Waals surface area contributed by atoms with Crippen molar-refractivity contribution in [3.8, 4) is 5.75 Å². The minimum absolute atomic E-state index is 0. The quantitative estimate of drug-likeness (QED) is 0.360. The molecule has 2 N–H and O–H groups in total. The second-order valence-electron chi connectivity index (χ2n) is 6.27. The number of rotatable bonds is 5. The van der Waals surface area contributed by atoms with Crippen LogP contribution >= 0.6 is 35.6 Å². The number of aromatic nitrogens is 1. The average molecular weight is 520 g/mol. The molecule has 152 valence electrons. The van der Waals surface area contributed by atoms with Gasteiger partial charge in [0.05, 0.1) is 7.11 Å². The maximum Gasteiger partial charge on any atom is 0.191 e. The lowest BCUT2D eigenvalue weighted by Crippen LogP contribution is -2.44. The van der Waals surface area contributed by atoms with Gasteiger partial charge in [0.25, 0.3) is 0 Å². The highest BCUT2D eigenvalue weighted by Gasteiger charge is 2.25. The van der Waals surface area contributed by atoms with Crippen molar-refractivity contribution >= 4 is 47.4 Å². The summed E-state index contributed by atoms with van der Waals surface area (Å²) in [6.07, 6.45) is 2.49. The molecule has 0 radical (unpaired) electrons. The zero-order valence-electron chi connectivity index (χ0n) is 15.8. The molecule has 0 saturated carbocycles. The van der Waals surface area contributed by atoms with Crippen LogP contribution in [0.4, 0.5) is 10.2 Å². The molecule has 1 aromatic carbocycles. The molecule has 0 amide bonds. The highest BCUT2D eigenvalue weighted by Crippen LogP contribution is 2.23. The van der Waals surface area contributed by atoms with E-state index in [2.05, 4.69) is 20.6 Å². The number of anilines is 1. The van der Waals surface area contributed by atoms with Gasteiger partial charge in [-0.1, -0.05) is 17.7 Å². The van der Waals surface area contributed by atoms with E-state index in [-0.39, 0.29) is 35.8 Å². The Kier molecular flexibility index (Phi) is 8.56. The minimum atomic E-state index is -0.296. The molecule has 1 aromatic heterocycles. The largest absolute Gasteiger partial charge is 0.496 e. The Morgan fingerprint density at radius 2 is 2.25 bits per heavy atom. The number of ether oxygens (including phenoxy) is 1. The van der Waals surface area contributed by atoms with Crippen LogP contribution in [0.25, 0.3) is 0 Å². The standard InChI is InChI=1S/C19H23ClFN5O.HI/c1-22-19(24-11-13-5-6-14(20)10-17(13)27-2)25-15-7-9-26(12-15)18-16(21)4-3-8-23-18;/h3-6,8,10,15H,7,9,11-12H2,1-2H3,(H2,22,24,25);1H. The van der Waals surface area contributed by atoms with Gasteiger partial charge in [0.2, 0.25) is 0 Å². The Morgan fingerprint density at radius 1 is 1.43 bits per heavy atom. The molecule has 1 aliphatic rings. The van der Waals surface area contributed by atoms with Crippen LogP contribution in [0, 0.1) is 5.82 Å². The van der Waals surface area contributed by atoms with Crippen LogP contribution in [0.2, 0.25) is 5.02 Å². The summed E-state index contributed by atoms with van der Waals surface area (Å²) in [6, 6.07) is 8.72. The van der Waals surface area contributed by atoms with Crippen molar-refractivity contribution in [2.45, 2.75) is 19.0 Å². The second kappa shape index (κ2) is 10.7. The van der Waals surface area contributed by atoms with Gasteiger partial charge in [-0.2, -0.15) is 0 Å². The van der Waals surface area contributed by atoms with Gasteiger partial charge >= 0.3 is 0 Å². The lowest BCUT2D eigenvalue weighted by atomic mass is 10.2. The molecule has 2 heterocycles. The van der Waals surface area contributed by atoms with E-state index in [0.29, 0.717) is 29.9 Å². The van der Waals surface area contributed by atoms with Crippen LogP contribution < -0.4 is 20.3 Å². The minimum Gasteiger partial charge on any atom is -0.496 e. The van der Waals surface area contributed by atoms with Gasteiger partial charge < -0.3 is 20.3 Å². The Bertz CT molecular complexity index is 823. The monoisotopic (exact) mass is 519 g/mol. The van der Waals surface area contributed by atoms with Crippen molar-refractivity contribution in [1.29, 1.82) is 0 Å². The van der Waals surface area contributed by atoms with Gasteiger partial charge in [0.1, 0.15) is 5.75 Å². The first-order valence-electron chi connectivity index (χ1n) is 8.75. The van der Waals surface area contributed by atoms with Crippen molar-refractivity contribution in [1.82, 2.24) is 15.6 Å². The van der Waals surface area contributed by atoms with E-state index in [0.717, 1.165) is 24.3 Å². The van der Waals surface area contributed by atoms with E-state index < -0.39 is 0 Å². The Labute approximate surface area is 186 Å². The maximum absolute atomic E-state index is 13.9. The average Bonchev–Trinajstić information content (AvgIpc) is 3.14. The number of aliphatic imine (C=N–C) groups is 1. The van der Waals surface area contributed by atoms with Gasteiger partial charge in [-0.25, -0.2) is 9.37 Å². The Morgan fingerprint density at radius 3 is 2.96 bits per heavy atom. The van der Waals surface area contributed by atoms with Gasteiger partial charge in [0, 0.05) is 49.5 Å². The van der Waals surface area contributed by atoms with Crippen LogP contribution in [0.5, 0.6) is 5.75 Å². The maximum atomic E-state index is 13.9. The Hall–Kier alpha value is -1.81. The lowest BCUT2D eigenvalue weighted by molar-refractivity contribution is 0.409. The summed E-state index contributed by atoms with van der Waals surface area (Å²) in [6.45, 7) is 1.96. The molecule has 0 aliphatic carbocycles. The van der Waals surface area contributed by atoms with E-state index in [4.69, 9.17) is 16.3 Å². The fourth-order valence-electron chi connectivity index (χ4n) is 3.11. The number of nitrogens with one attached hydrogen (secondary N) is 2. The smallest absolute Gasteiger partial charge is 0.191 e. The Balaban J connectivity index is 0.00000280. The highest BCUT2D eigenvalue weighted by molar-refractivity contribution is 14.0. The number of benzene rings is 1. The summed E-state index contributed by atoms with van der Waals surface area (Å²) >= 11 is 6.00. The number of guanidine groups is 1. The van der Waals surface area contributed by atoms with Crippen LogP contribution in [0.1, 0.15) is 12.0 Å². The van der Waals surface area contributed by atoms with Crippen LogP contribution in [0.15, 0.2) is 41.5 Å². The predicted molar refractivity (Wildman–Crippen MR) is 122 cm³/mol. The fourth-order valence-corrected chi connectivity index (χ4v) is 3.27. The first kappa shape index (κ1) is 22.5. The van der Waals surface area contributed by atoms with E-state index >= 15 is 0 Å². The topological polar surface area (TPSA) is 61.8 Å². The summed E-state index contributed by atoms with van der Waals surface area (Å²) in [4.78, 5) is 10.4. The number of nitrogens with zero attached hydrogens (tertiary/aromatic N) is 3. The van der Waals surface area contributed by atoms with Gasteiger partial charge in [-0.3, -0.25) is 4.99 Å². The zero-order chi connectivity index (χ0) is 19.2. The molecule has 1 atom stereocenters. The molecule has 0 bridgehead atoms. The molecule has 28 heavy (non-hydrogen) atoms. The second-order valence-corrected chi connectivity index (χ2v) is 6.70. The molecule has 0 spiro atoms. The number of pyridine rings is 1. The molecular weight excluding hydrogens is 496 g/mol. The van der Waals surface area contributed by atoms with Crippen molar-refractivity contribution in [3.63, 3.8) is 0 Å². The van der Waals surface area contributed by atoms with Crippen molar-refractivity contribution in [2.75, 3.05) is 32.1 Å². The van der Waals surface area contributed by atoms with Crippen molar-refractivity contribution in [2.24, 2.45) is 4.99 Å². The van der Waals surface area contributed by atoms with E-state index in [1.54, 1.807) is 32.5 Å². The van der Waals surface area contributed by atoms with Crippen molar-refractivity contribution < 1.29 is 9.13 Å². The molecule has 3 rings (SSSR count). The van der Waals surface area contributed by atoms with Crippen molar-refractivity contribution in [3.05, 3.63) is 52.9 Å².